The van der Waals surface area contributed by atoms with Gasteiger partial charge in [-0.15, -0.1) is 11.3 Å². The molecule has 1 unspecified atom stereocenters. The van der Waals surface area contributed by atoms with Crippen molar-refractivity contribution in [2.75, 3.05) is 11.4 Å². The Labute approximate surface area is 143 Å². The standard InChI is InChI=1S/C18H17N3O2S/c1-11-5-6-14(12(2)8-11)21-10-13(9-16(21)22)17-19-18(23-20-17)15-4-3-7-24-15/h3-8,13H,9-10H2,1-2H3. The molecule has 4 rings (SSSR count). The van der Waals surface area contributed by atoms with Crippen LogP contribution in [0.4, 0.5) is 5.69 Å². The molecule has 0 bridgehead atoms. The number of carbonyl (C=O) groups is 1. The second-order valence-corrected chi connectivity index (χ2v) is 7.08. The van der Waals surface area contributed by atoms with E-state index in [2.05, 4.69) is 23.1 Å². The van der Waals surface area contributed by atoms with Gasteiger partial charge in [-0.1, -0.05) is 28.9 Å². The Bertz CT molecular complexity index is 886. The maximum absolute atomic E-state index is 12.5. The monoisotopic (exact) mass is 339 g/mol. The molecule has 1 amide bonds. The molecule has 0 radical (unpaired) electrons. The van der Waals surface area contributed by atoms with E-state index in [1.807, 2.05) is 41.5 Å². The average molecular weight is 339 g/mol. The highest BCUT2D eigenvalue weighted by Crippen LogP contribution is 2.33. The Hall–Kier alpha value is -2.47. The van der Waals surface area contributed by atoms with Crippen molar-refractivity contribution < 1.29 is 9.32 Å². The molecule has 1 fully saturated rings. The maximum Gasteiger partial charge on any atom is 0.267 e. The normalized spacial score (nSPS) is 17.7. The highest BCUT2D eigenvalue weighted by Gasteiger charge is 2.35. The Morgan fingerprint density at radius 2 is 2.17 bits per heavy atom. The van der Waals surface area contributed by atoms with E-state index in [9.17, 15) is 4.79 Å². The van der Waals surface area contributed by atoms with Crippen molar-refractivity contribution in [3.05, 3.63) is 52.7 Å². The number of hydrogen-bond donors (Lipinski definition) is 0. The molecule has 0 aliphatic carbocycles. The van der Waals surface area contributed by atoms with Crippen LogP contribution in [-0.2, 0) is 4.79 Å². The van der Waals surface area contributed by atoms with Gasteiger partial charge in [0.1, 0.15) is 0 Å². The van der Waals surface area contributed by atoms with Crippen molar-refractivity contribution in [1.29, 1.82) is 0 Å². The molecule has 1 aromatic carbocycles. The molecule has 1 aliphatic heterocycles. The predicted octanol–water partition coefficient (Wildman–Crippen LogP) is 3.94. The highest BCUT2D eigenvalue weighted by atomic mass is 32.1. The van der Waals surface area contributed by atoms with E-state index >= 15 is 0 Å². The summed E-state index contributed by atoms with van der Waals surface area (Å²) in [5.41, 5.74) is 3.27. The lowest BCUT2D eigenvalue weighted by Crippen LogP contribution is -2.25. The smallest absolute Gasteiger partial charge is 0.267 e. The molecule has 0 N–H and O–H groups in total. The van der Waals surface area contributed by atoms with Gasteiger partial charge in [0.15, 0.2) is 5.82 Å². The van der Waals surface area contributed by atoms with Crippen LogP contribution in [0.15, 0.2) is 40.2 Å². The van der Waals surface area contributed by atoms with Gasteiger partial charge in [-0.3, -0.25) is 4.79 Å². The molecular formula is C18H17N3O2S. The number of nitrogens with zero attached hydrogens (tertiary/aromatic N) is 3. The van der Waals surface area contributed by atoms with E-state index in [0.29, 0.717) is 24.7 Å². The van der Waals surface area contributed by atoms with Gasteiger partial charge in [0, 0.05) is 24.6 Å². The minimum atomic E-state index is -0.0318. The van der Waals surface area contributed by atoms with Gasteiger partial charge in [0.2, 0.25) is 5.91 Å². The fourth-order valence-corrected chi connectivity index (χ4v) is 3.77. The molecule has 1 atom stereocenters. The first kappa shape index (κ1) is 15.1. The Kier molecular flexibility index (Phi) is 3.69. The SMILES string of the molecule is Cc1ccc(N2CC(c3noc(-c4cccs4)n3)CC2=O)c(C)c1. The summed E-state index contributed by atoms with van der Waals surface area (Å²) in [5, 5.41) is 6.07. The van der Waals surface area contributed by atoms with Crippen LogP contribution in [-0.4, -0.2) is 22.6 Å². The number of aromatic nitrogens is 2. The number of benzene rings is 1. The second-order valence-electron chi connectivity index (χ2n) is 6.13. The molecule has 122 valence electrons. The van der Waals surface area contributed by atoms with Crippen LogP contribution in [0.1, 0.15) is 29.3 Å². The first-order valence-electron chi connectivity index (χ1n) is 7.87. The zero-order valence-corrected chi connectivity index (χ0v) is 14.3. The molecule has 0 spiro atoms. The molecule has 1 saturated heterocycles. The second kappa shape index (κ2) is 5.87. The van der Waals surface area contributed by atoms with Crippen LogP contribution in [0.5, 0.6) is 0 Å². The lowest BCUT2D eigenvalue weighted by atomic mass is 10.1. The van der Waals surface area contributed by atoms with E-state index in [4.69, 9.17) is 4.52 Å². The fraction of sp³-hybridized carbons (Fsp3) is 0.278. The van der Waals surface area contributed by atoms with Gasteiger partial charge in [-0.25, -0.2) is 0 Å². The molecule has 5 nitrogen and oxygen atoms in total. The zero-order valence-electron chi connectivity index (χ0n) is 13.5. The third-order valence-corrected chi connectivity index (χ3v) is 5.16. The minimum Gasteiger partial charge on any atom is -0.333 e. The Balaban J connectivity index is 1.58. The van der Waals surface area contributed by atoms with Gasteiger partial charge in [0.05, 0.1) is 4.88 Å². The molecular weight excluding hydrogens is 322 g/mol. The molecule has 3 heterocycles. The highest BCUT2D eigenvalue weighted by molar-refractivity contribution is 7.13. The van der Waals surface area contributed by atoms with Crippen LogP contribution >= 0.6 is 11.3 Å². The van der Waals surface area contributed by atoms with Crippen molar-refractivity contribution in [1.82, 2.24) is 10.1 Å². The Morgan fingerprint density at radius 1 is 1.29 bits per heavy atom. The summed E-state index contributed by atoms with van der Waals surface area (Å²) in [6, 6.07) is 10.0. The molecule has 1 aliphatic rings. The maximum atomic E-state index is 12.5. The van der Waals surface area contributed by atoms with E-state index in [1.165, 1.54) is 5.56 Å². The molecule has 2 aromatic heterocycles. The fourth-order valence-electron chi connectivity index (χ4n) is 3.12. The number of hydrogen-bond acceptors (Lipinski definition) is 5. The van der Waals surface area contributed by atoms with Gasteiger partial charge >= 0.3 is 0 Å². The van der Waals surface area contributed by atoms with Gasteiger partial charge < -0.3 is 9.42 Å². The predicted molar refractivity (Wildman–Crippen MR) is 93.2 cm³/mol. The van der Waals surface area contributed by atoms with E-state index in [0.717, 1.165) is 16.1 Å². The third-order valence-electron chi connectivity index (χ3n) is 4.31. The van der Waals surface area contributed by atoms with Gasteiger partial charge in [-0.05, 0) is 36.9 Å². The van der Waals surface area contributed by atoms with Gasteiger partial charge in [0.25, 0.3) is 5.89 Å². The van der Waals surface area contributed by atoms with E-state index in [1.54, 1.807) is 11.3 Å². The number of anilines is 1. The first-order chi connectivity index (χ1) is 11.6. The number of thiophene rings is 1. The minimum absolute atomic E-state index is 0.0318. The van der Waals surface area contributed by atoms with Crippen molar-refractivity contribution in [3.8, 4) is 10.8 Å². The van der Waals surface area contributed by atoms with Crippen molar-refractivity contribution in [2.24, 2.45) is 0 Å². The molecule has 0 saturated carbocycles. The summed E-state index contributed by atoms with van der Waals surface area (Å²) in [6.07, 6.45) is 0.413. The lowest BCUT2D eigenvalue weighted by molar-refractivity contribution is -0.117. The summed E-state index contributed by atoms with van der Waals surface area (Å²) in [4.78, 5) is 19.7. The van der Waals surface area contributed by atoms with Crippen LogP contribution in [0, 0.1) is 13.8 Å². The Morgan fingerprint density at radius 3 is 2.92 bits per heavy atom. The topological polar surface area (TPSA) is 59.2 Å². The van der Waals surface area contributed by atoms with Crippen molar-refractivity contribution >= 4 is 22.9 Å². The van der Waals surface area contributed by atoms with Crippen LogP contribution in [0.25, 0.3) is 10.8 Å². The average Bonchev–Trinajstić information content (AvgIpc) is 3.27. The van der Waals surface area contributed by atoms with Crippen molar-refractivity contribution in [2.45, 2.75) is 26.2 Å². The first-order valence-corrected chi connectivity index (χ1v) is 8.75. The number of amides is 1. The number of aryl methyl sites for hydroxylation is 2. The van der Waals surface area contributed by atoms with E-state index in [-0.39, 0.29) is 11.8 Å². The van der Waals surface area contributed by atoms with Crippen LogP contribution < -0.4 is 4.90 Å². The quantitative estimate of drug-likeness (QED) is 0.725. The summed E-state index contributed by atoms with van der Waals surface area (Å²) >= 11 is 1.56. The summed E-state index contributed by atoms with van der Waals surface area (Å²) in [5.74, 6) is 1.21. The summed E-state index contributed by atoms with van der Waals surface area (Å²) in [7, 11) is 0. The lowest BCUT2D eigenvalue weighted by Gasteiger charge is -2.19. The number of carbonyl (C=O) groups excluding carboxylic acids is 1. The summed E-state index contributed by atoms with van der Waals surface area (Å²) in [6.45, 7) is 4.68. The third kappa shape index (κ3) is 2.63. The van der Waals surface area contributed by atoms with Crippen LogP contribution in [0.3, 0.4) is 0 Å². The molecule has 6 heteroatoms. The molecule has 3 aromatic rings. The van der Waals surface area contributed by atoms with Crippen LogP contribution in [0.2, 0.25) is 0 Å². The van der Waals surface area contributed by atoms with E-state index < -0.39 is 0 Å². The van der Waals surface area contributed by atoms with Gasteiger partial charge in [-0.2, -0.15) is 4.98 Å². The zero-order chi connectivity index (χ0) is 16.7. The largest absolute Gasteiger partial charge is 0.333 e. The summed E-state index contributed by atoms with van der Waals surface area (Å²) < 4.78 is 5.36. The number of rotatable bonds is 3. The molecule has 24 heavy (non-hydrogen) atoms. The van der Waals surface area contributed by atoms with Crippen molar-refractivity contribution in [3.63, 3.8) is 0 Å².